The topological polar surface area (TPSA) is 29.5 Å². The first-order chi connectivity index (χ1) is 8.31. The van der Waals surface area contributed by atoms with E-state index in [1.54, 1.807) is 0 Å². The van der Waals surface area contributed by atoms with Gasteiger partial charge in [0.15, 0.2) is 0 Å². The Kier molecular flexibility index (Phi) is 2.68. The first-order valence-corrected chi connectivity index (χ1v) is 7.63. The normalized spacial score (nSPS) is 54.8. The van der Waals surface area contributed by atoms with E-state index in [0.717, 1.165) is 13.0 Å². The number of ether oxygens (including phenoxy) is 1. The van der Waals surface area contributed by atoms with E-state index in [1.807, 2.05) is 0 Å². The third-order valence-electron chi connectivity index (χ3n) is 6.81. The molecule has 1 N–H and O–H groups in total. The second-order valence-corrected chi connectivity index (χ2v) is 7.98. The van der Waals surface area contributed by atoms with E-state index in [0.29, 0.717) is 17.3 Å². The molecule has 0 bridgehead atoms. The van der Waals surface area contributed by atoms with Crippen LogP contribution < -0.4 is 0 Å². The van der Waals surface area contributed by atoms with Crippen LogP contribution in [0.2, 0.25) is 0 Å². The largest absolute Gasteiger partial charge is 0.393 e. The minimum absolute atomic E-state index is 0.0664. The van der Waals surface area contributed by atoms with Crippen molar-refractivity contribution >= 4 is 0 Å². The van der Waals surface area contributed by atoms with Crippen molar-refractivity contribution in [2.24, 2.45) is 22.7 Å². The molecule has 104 valence electrons. The van der Waals surface area contributed by atoms with Crippen molar-refractivity contribution in [2.45, 2.75) is 71.5 Å². The van der Waals surface area contributed by atoms with Crippen LogP contribution in [0, 0.1) is 22.7 Å². The van der Waals surface area contributed by atoms with Crippen molar-refractivity contribution in [2.75, 3.05) is 6.61 Å². The van der Waals surface area contributed by atoms with E-state index in [4.69, 9.17) is 4.74 Å². The van der Waals surface area contributed by atoms with Crippen molar-refractivity contribution in [1.29, 1.82) is 0 Å². The average molecular weight is 252 g/mol. The fourth-order valence-corrected chi connectivity index (χ4v) is 5.72. The molecule has 3 rings (SSSR count). The Morgan fingerprint density at radius 2 is 1.67 bits per heavy atom. The van der Waals surface area contributed by atoms with E-state index >= 15 is 0 Å². The second-order valence-electron chi connectivity index (χ2n) is 7.98. The van der Waals surface area contributed by atoms with Gasteiger partial charge in [0.05, 0.1) is 11.7 Å². The van der Waals surface area contributed by atoms with Gasteiger partial charge in [0.25, 0.3) is 0 Å². The Morgan fingerprint density at radius 1 is 0.944 bits per heavy atom. The van der Waals surface area contributed by atoms with Crippen LogP contribution in [0.4, 0.5) is 0 Å². The first-order valence-electron chi connectivity index (χ1n) is 7.63. The molecule has 3 fully saturated rings. The van der Waals surface area contributed by atoms with Crippen LogP contribution >= 0.6 is 0 Å². The maximum Gasteiger partial charge on any atom is 0.0688 e. The minimum atomic E-state index is -0.123. The predicted octanol–water partition coefficient (Wildman–Crippen LogP) is 3.38. The van der Waals surface area contributed by atoms with Crippen LogP contribution in [0.1, 0.15) is 59.8 Å². The highest BCUT2D eigenvalue weighted by atomic mass is 16.5. The summed E-state index contributed by atoms with van der Waals surface area (Å²) in [6.45, 7) is 10.3. The maximum absolute atomic E-state index is 10.4. The van der Waals surface area contributed by atoms with Gasteiger partial charge >= 0.3 is 0 Å². The van der Waals surface area contributed by atoms with Gasteiger partial charge in [0.2, 0.25) is 0 Å². The number of hydrogen-bond acceptors (Lipinski definition) is 2. The molecule has 0 aromatic carbocycles. The minimum Gasteiger partial charge on any atom is -0.393 e. The zero-order chi connectivity index (χ0) is 13.2. The van der Waals surface area contributed by atoms with Gasteiger partial charge in [0, 0.05) is 6.61 Å². The lowest BCUT2D eigenvalue weighted by atomic mass is 9.45. The summed E-state index contributed by atoms with van der Waals surface area (Å²) in [5.41, 5.74) is 0.548. The molecule has 5 atom stereocenters. The molecule has 2 heteroatoms. The molecule has 1 aliphatic heterocycles. The fraction of sp³-hybridized carbons (Fsp3) is 1.00. The highest BCUT2D eigenvalue weighted by Crippen LogP contribution is 2.64. The maximum atomic E-state index is 10.4. The Bertz CT molecular complexity index is 351. The SMILES string of the molecule is CC1(C)C2CC[C@]3(C)OCCC3[C@]2(C)CC[C@@H]1O. The van der Waals surface area contributed by atoms with Crippen LogP contribution in [0.5, 0.6) is 0 Å². The zero-order valence-corrected chi connectivity index (χ0v) is 12.3. The molecule has 0 radical (unpaired) electrons. The van der Waals surface area contributed by atoms with E-state index in [-0.39, 0.29) is 17.1 Å². The average Bonchev–Trinajstić information content (AvgIpc) is 2.68. The van der Waals surface area contributed by atoms with Gasteiger partial charge in [0.1, 0.15) is 0 Å². The lowest BCUT2D eigenvalue weighted by molar-refractivity contribution is -0.178. The summed E-state index contributed by atoms with van der Waals surface area (Å²) in [6.07, 6.45) is 5.62. The van der Waals surface area contributed by atoms with Gasteiger partial charge in [-0.1, -0.05) is 20.8 Å². The van der Waals surface area contributed by atoms with Crippen molar-refractivity contribution in [3.63, 3.8) is 0 Å². The summed E-state index contributed by atoms with van der Waals surface area (Å²) in [7, 11) is 0. The van der Waals surface area contributed by atoms with Gasteiger partial charge in [-0.3, -0.25) is 0 Å². The third kappa shape index (κ3) is 1.48. The quantitative estimate of drug-likeness (QED) is 0.716. The summed E-state index contributed by atoms with van der Waals surface area (Å²) in [5.74, 6) is 1.34. The first kappa shape index (κ1) is 12.9. The van der Waals surface area contributed by atoms with E-state index < -0.39 is 0 Å². The molecule has 18 heavy (non-hydrogen) atoms. The molecule has 0 aromatic heterocycles. The monoisotopic (exact) mass is 252 g/mol. The third-order valence-corrected chi connectivity index (χ3v) is 6.81. The van der Waals surface area contributed by atoms with Gasteiger partial charge in [-0.15, -0.1) is 0 Å². The summed E-state index contributed by atoms with van der Waals surface area (Å²) in [6, 6.07) is 0. The highest BCUT2D eigenvalue weighted by molar-refractivity contribution is 5.11. The van der Waals surface area contributed by atoms with Crippen molar-refractivity contribution in [1.82, 2.24) is 0 Å². The molecular formula is C16H28O2. The van der Waals surface area contributed by atoms with Crippen LogP contribution in [-0.4, -0.2) is 23.4 Å². The van der Waals surface area contributed by atoms with Gasteiger partial charge in [-0.05, 0) is 61.7 Å². The van der Waals surface area contributed by atoms with Gasteiger partial charge in [-0.2, -0.15) is 0 Å². The van der Waals surface area contributed by atoms with Crippen molar-refractivity contribution in [3.05, 3.63) is 0 Å². The van der Waals surface area contributed by atoms with Crippen molar-refractivity contribution < 1.29 is 9.84 Å². The van der Waals surface area contributed by atoms with Gasteiger partial charge in [-0.25, -0.2) is 0 Å². The lowest BCUT2D eigenvalue weighted by Gasteiger charge is -2.61. The second kappa shape index (κ2) is 3.73. The highest BCUT2D eigenvalue weighted by Gasteiger charge is 2.62. The molecule has 2 nitrogen and oxygen atoms in total. The van der Waals surface area contributed by atoms with E-state index in [2.05, 4.69) is 27.7 Å². The zero-order valence-electron chi connectivity index (χ0n) is 12.3. The summed E-state index contributed by atoms with van der Waals surface area (Å²) >= 11 is 0. The summed E-state index contributed by atoms with van der Waals surface area (Å²) in [4.78, 5) is 0. The molecule has 1 saturated heterocycles. The summed E-state index contributed by atoms with van der Waals surface area (Å²) < 4.78 is 6.09. The Balaban J connectivity index is 1.98. The van der Waals surface area contributed by atoms with Crippen LogP contribution in [0.25, 0.3) is 0 Å². The number of fused-ring (bicyclic) bond motifs is 3. The Morgan fingerprint density at radius 3 is 2.39 bits per heavy atom. The Hall–Kier alpha value is -0.0800. The molecule has 2 unspecified atom stereocenters. The van der Waals surface area contributed by atoms with E-state index in [9.17, 15) is 5.11 Å². The summed E-state index contributed by atoms with van der Waals surface area (Å²) in [5, 5.41) is 10.4. The van der Waals surface area contributed by atoms with Crippen LogP contribution in [0.15, 0.2) is 0 Å². The number of aliphatic hydroxyl groups excluding tert-OH is 1. The van der Waals surface area contributed by atoms with Crippen LogP contribution in [0.3, 0.4) is 0 Å². The fourth-order valence-electron chi connectivity index (χ4n) is 5.72. The van der Waals surface area contributed by atoms with E-state index in [1.165, 1.54) is 25.7 Å². The lowest BCUT2D eigenvalue weighted by Crippen LogP contribution is -2.59. The smallest absolute Gasteiger partial charge is 0.0688 e. The van der Waals surface area contributed by atoms with Crippen LogP contribution in [-0.2, 0) is 4.74 Å². The van der Waals surface area contributed by atoms with Crippen molar-refractivity contribution in [3.8, 4) is 0 Å². The molecule has 1 heterocycles. The number of hydrogen-bond donors (Lipinski definition) is 1. The molecule has 3 aliphatic rings. The molecule has 0 spiro atoms. The van der Waals surface area contributed by atoms with Gasteiger partial charge < -0.3 is 9.84 Å². The standard InChI is InChI=1S/C16H28O2/c1-14(2)11-5-9-16(4)12(7-10-18-16)15(11,3)8-6-13(14)17/h11-13,17H,5-10H2,1-4H3/t11?,12?,13-,15+,16-/m0/s1. The molecule has 0 amide bonds. The Labute approximate surface area is 111 Å². The molecule has 0 aromatic rings. The molecule has 2 aliphatic carbocycles. The predicted molar refractivity (Wildman–Crippen MR) is 72.3 cm³/mol. The number of rotatable bonds is 0. The number of aliphatic hydroxyl groups is 1. The molecular weight excluding hydrogens is 224 g/mol. The molecule has 2 saturated carbocycles.